The van der Waals surface area contributed by atoms with Gasteiger partial charge in [0.2, 0.25) is 5.91 Å². The smallest absolute Gasteiger partial charge is 0.318 e. The lowest BCUT2D eigenvalue weighted by molar-refractivity contribution is -0.124. The number of amides is 3. The van der Waals surface area contributed by atoms with Crippen LogP contribution in [0.3, 0.4) is 0 Å². The number of nitrogens with one attached hydrogen (secondary N) is 3. The molecule has 3 atom stereocenters. The maximum atomic E-state index is 14.1. The molecule has 0 spiro atoms. The average molecular weight is 583 g/mol. The number of benzene rings is 3. The minimum Gasteiger partial charge on any atom is -0.390 e. The summed E-state index contributed by atoms with van der Waals surface area (Å²) in [5, 5.41) is 19.8. The van der Waals surface area contributed by atoms with Gasteiger partial charge in [0.1, 0.15) is 11.9 Å². The maximum Gasteiger partial charge on any atom is 0.318 e. The largest absolute Gasteiger partial charge is 0.390 e. The van der Waals surface area contributed by atoms with E-state index in [1.54, 1.807) is 0 Å². The summed E-state index contributed by atoms with van der Waals surface area (Å²) in [7, 11) is 0. The molecule has 0 radical (unpaired) electrons. The van der Waals surface area contributed by atoms with Crippen molar-refractivity contribution in [2.45, 2.75) is 63.9 Å². The molecule has 42 heavy (non-hydrogen) atoms. The van der Waals surface area contributed by atoms with Crippen LogP contribution in [0.2, 0.25) is 0 Å². The molecule has 0 unspecified atom stereocenters. The molecule has 0 aromatic heterocycles. The summed E-state index contributed by atoms with van der Waals surface area (Å²) in [6, 6.07) is 16.5. The second-order valence-electron chi connectivity index (χ2n) is 11.7. The van der Waals surface area contributed by atoms with Crippen LogP contribution in [0, 0.1) is 17.5 Å². The molecule has 1 heterocycles. The number of hydrogen-bond acceptors (Lipinski definition) is 4. The third-order valence-corrected chi connectivity index (χ3v) is 7.32. The van der Waals surface area contributed by atoms with E-state index in [1.165, 1.54) is 5.56 Å². The summed E-state index contributed by atoms with van der Waals surface area (Å²) >= 11 is 0. The number of aliphatic hydroxyl groups excluding tert-OH is 1. The highest BCUT2D eigenvalue weighted by atomic mass is 19.2. The number of halogens is 3. The van der Waals surface area contributed by atoms with Crippen LogP contribution in [0.1, 0.15) is 43.0 Å². The van der Waals surface area contributed by atoms with Crippen LogP contribution in [0.4, 0.5) is 18.0 Å². The van der Waals surface area contributed by atoms with Gasteiger partial charge in [-0.15, -0.1) is 0 Å². The first-order chi connectivity index (χ1) is 19.9. The van der Waals surface area contributed by atoms with E-state index in [4.69, 9.17) is 0 Å². The van der Waals surface area contributed by atoms with E-state index >= 15 is 0 Å². The molecule has 10 heteroatoms. The quantitative estimate of drug-likeness (QED) is 0.256. The zero-order valence-electron chi connectivity index (χ0n) is 24.0. The highest BCUT2D eigenvalue weighted by Gasteiger charge is 2.35. The molecule has 3 aromatic carbocycles. The van der Waals surface area contributed by atoms with Crippen LogP contribution in [-0.2, 0) is 29.7 Å². The van der Waals surface area contributed by atoms with Crippen LogP contribution in [0.5, 0.6) is 0 Å². The lowest BCUT2D eigenvalue weighted by Gasteiger charge is -2.26. The number of hydrogen-bond donors (Lipinski definition) is 4. The maximum absolute atomic E-state index is 14.1. The van der Waals surface area contributed by atoms with Crippen molar-refractivity contribution in [1.29, 1.82) is 0 Å². The van der Waals surface area contributed by atoms with Gasteiger partial charge in [-0.05, 0) is 34.6 Å². The van der Waals surface area contributed by atoms with E-state index in [2.05, 4.69) is 48.9 Å². The Morgan fingerprint density at radius 1 is 1.00 bits per heavy atom. The molecule has 3 amide bonds. The van der Waals surface area contributed by atoms with Crippen molar-refractivity contribution in [2.75, 3.05) is 13.1 Å². The fraction of sp³-hybridized carbons (Fsp3) is 0.375. The summed E-state index contributed by atoms with van der Waals surface area (Å²) in [6.07, 6.45) is -0.608. The predicted molar refractivity (Wildman–Crippen MR) is 154 cm³/mol. The highest BCUT2D eigenvalue weighted by molar-refractivity contribution is 5.90. The monoisotopic (exact) mass is 582 g/mol. The highest BCUT2D eigenvalue weighted by Crippen LogP contribution is 2.23. The Balaban J connectivity index is 1.39. The number of carbonyl (C=O) groups is 2. The number of nitrogens with zero attached hydrogens (tertiary/aromatic N) is 1. The van der Waals surface area contributed by atoms with E-state index in [0.29, 0.717) is 25.1 Å². The SMILES string of the molecule is CC(C)(C)c1cccc(CNC[C@@H](O)[C@H](Cc2ccccc2)NC(=O)[C@@H]2CN(Cc3cc(F)c(F)cc3F)C(=O)N2)c1. The van der Waals surface area contributed by atoms with Gasteiger partial charge in [-0.1, -0.05) is 75.4 Å². The Kier molecular flexibility index (Phi) is 9.90. The van der Waals surface area contributed by atoms with E-state index < -0.39 is 47.6 Å². The second kappa shape index (κ2) is 13.4. The molecule has 4 N–H and O–H groups in total. The van der Waals surface area contributed by atoms with E-state index in [1.807, 2.05) is 42.5 Å². The van der Waals surface area contributed by atoms with Crippen molar-refractivity contribution in [1.82, 2.24) is 20.9 Å². The molecule has 4 rings (SSSR count). The molecule has 1 aliphatic heterocycles. The van der Waals surface area contributed by atoms with Gasteiger partial charge in [0.05, 0.1) is 25.2 Å². The predicted octanol–water partition coefficient (Wildman–Crippen LogP) is 4.17. The molecule has 1 saturated heterocycles. The molecule has 3 aromatic rings. The molecule has 1 aliphatic rings. The van der Waals surface area contributed by atoms with Crippen LogP contribution in [-0.4, -0.2) is 53.2 Å². The van der Waals surface area contributed by atoms with Crippen LogP contribution in [0.25, 0.3) is 0 Å². The number of rotatable bonds is 11. The molecular weight excluding hydrogens is 545 g/mol. The third kappa shape index (κ3) is 8.10. The minimum atomic E-state index is -1.32. The van der Waals surface area contributed by atoms with Crippen LogP contribution < -0.4 is 16.0 Å². The van der Waals surface area contributed by atoms with Gasteiger partial charge in [0.15, 0.2) is 11.6 Å². The molecule has 0 aliphatic carbocycles. The van der Waals surface area contributed by atoms with E-state index in [9.17, 15) is 27.9 Å². The molecule has 0 saturated carbocycles. The topological polar surface area (TPSA) is 93.7 Å². The number of carbonyl (C=O) groups excluding carboxylic acids is 2. The third-order valence-electron chi connectivity index (χ3n) is 7.32. The Bertz CT molecular complexity index is 1400. The van der Waals surface area contributed by atoms with Gasteiger partial charge in [0, 0.05) is 24.7 Å². The molecule has 224 valence electrons. The fourth-order valence-electron chi connectivity index (χ4n) is 4.85. The minimum absolute atomic E-state index is 0.00912. The Morgan fingerprint density at radius 2 is 1.69 bits per heavy atom. The fourth-order valence-corrected chi connectivity index (χ4v) is 4.85. The number of urea groups is 1. The van der Waals surface area contributed by atoms with Gasteiger partial charge >= 0.3 is 6.03 Å². The van der Waals surface area contributed by atoms with Gasteiger partial charge in [-0.25, -0.2) is 18.0 Å². The first-order valence-electron chi connectivity index (χ1n) is 13.9. The summed E-state index contributed by atoms with van der Waals surface area (Å²) in [4.78, 5) is 26.9. The van der Waals surface area contributed by atoms with Crippen molar-refractivity contribution in [3.8, 4) is 0 Å². The summed E-state index contributed by atoms with van der Waals surface area (Å²) in [5.74, 6) is -4.06. The molecular formula is C32H37F3N4O3. The normalized spacial score (nSPS) is 16.7. The zero-order chi connectivity index (χ0) is 30.4. The first-order valence-corrected chi connectivity index (χ1v) is 13.9. The average Bonchev–Trinajstić information content (AvgIpc) is 3.31. The summed E-state index contributed by atoms with van der Waals surface area (Å²) in [5.41, 5.74) is 2.99. The van der Waals surface area contributed by atoms with Crippen LogP contribution >= 0.6 is 0 Å². The van der Waals surface area contributed by atoms with Crippen LogP contribution in [0.15, 0.2) is 66.7 Å². The Morgan fingerprint density at radius 3 is 2.40 bits per heavy atom. The van der Waals surface area contributed by atoms with E-state index in [0.717, 1.165) is 16.0 Å². The number of aliphatic hydroxyl groups is 1. The first kappa shape index (κ1) is 31.1. The van der Waals surface area contributed by atoms with Gasteiger partial charge in [-0.2, -0.15) is 0 Å². The Hall–Kier alpha value is -3.89. The lowest BCUT2D eigenvalue weighted by atomic mass is 9.86. The molecule has 1 fully saturated rings. The van der Waals surface area contributed by atoms with E-state index in [-0.39, 0.29) is 30.6 Å². The van der Waals surface area contributed by atoms with Crippen molar-refractivity contribution < 1.29 is 27.9 Å². The van der Waals surface area contributed by atoms with Crippen molar-refractivity contribution in [3.05, 3.63) is 106 Å². The second-order valence-corrected chi connectivity index (χ2v) is 11.7. The van der Waals surface area contributed by atoms with Crippen molar-refractivity contribution in [3.63, 3.8) is 0 Å². The summed E-state index contributed by atoms with van der Waals surface area (Å²) in [6.45, 7) is 6.72. The van der Waals surface area contributed by atoms with Gasteiger partial charge < -0.3 is 26.0 Å². The standard InChI is InChI=1S/C32H37F3N4O3/c1-32(2,3)23-11-7-10-21(12-23)16-36-17-29(40)27(13-20-8-5-4-6-9-20)37-30(41)28-19-39(31(42)38-28)18-22-14-25(34)26(35)15-24(22)33/h4-12,14-15,27-29,36,40H,13,16-19H2,1-3H3,(H,37,41)(H,38,42)/t27-,28-,29+/m0/s1. The molecule has 7 nitrogen and oxygen atoms in total. The molecule has 0 bridgehead atoms. The van der Waals surface area contributed by atoms with Crippen molar-refractivity contribution >= 4 is 11.9 Å². The van der Waals surface area contributed by atoms with Gasteiger partial charge in [-0.3, -0.25) is 4.79 Å². The Labute approximate surface area is 244 Å². The summed E-state index contributed by atoms with van der Waals surface area (Å²) < 4.78 is 41.1. The van der Waals surface area contributed by atoms with Gasteiger partial charge in [0.25, 0.3) is 0 Å². The zero-order valence-corrected chi connectivity index (χ0v) is 24.0. The van der Waals surface area contributed by atoms with Crippen molar-refractivity contribution in [2.24, 2.45) is 0 Å². The lowest BCUT2D eigenvalue weighted by Crippen LogP contribution is -2.53.